The molecule has 0 fully saturated rings. The molecule has 0 spiro atoms. The van der Waals surface area contributed by atoms with Crippen LogP contribution >= 0.6 is 0 Å². The van der Waals surface area contributed by atoms with Crippen molar-refractivity contribution in [1.29, 1.82) is 0 Å². The molecule has 0 aliphatic carbocycles. The number of carbonyl (C=O) groups excluding carboxylic acids is 2. The number of rotatable bonds is 17. The molecule has 0 aliphatic rings. The number of carbonyl (C=O) groups is 2. The fraction of sp³-hybridized carbons (Fsp3) is 0.412. The molecule has 0 heterocycles. The summed E-state index contributed by atoms with van der Waals surface area (Å²) in [5, 5.41) is 0. The fourth-order valence-electron chi connectivity index (χ4n) is 3.80. The van der Waals surface area contributed by atoms with Crippen molar-refractivity contribution in [2.24, 2.45) is 0 Å². The molecule has 214 valence electrons. The van der Waals surface area contributed by atoms with E-state index in [2.05, 4.69) is 13.8 Å². The SMILES string of the molecule is [2H]C([2H])(CCCCC)Oc1ccc(C(=O)Oc2ccc(OC(=O)c3ccc(OC([2H])([2H])CCCCC)cc3)c(CC)c2)cc1. The Kier molecular flexibility index (Phi) is 10.7. The van der Waals surface area contributed by atoms with Crippen LogP contribution in [0.3, 0.4) is 0 Å². The largest absolute Gasteiger partial charge is 0.494 e. The van der Waals surface area contributed by atoms with E-state index >= 15 is 0 Å². The van der Waals surface area contributed by atoms with Gasteiger partial charge in [0.1, 0.15) is 23.0 Å². The Hall–Kier alpha value is -3.80. The molecule has 0 bridgehead atoms. The summed E-state index contributed by atoms with van der Waals surface area (Å²) in [5.74, 6) is 0.0979. The zero-order valence-electron chi connectivity index (χ0n) is 27.7. The molecular weight excluding hydrogens is 504 g/mol. The van der Waals surface area contributed by atoms with Crippen LogP contribution in [0.15, 0.2) is 66.7 Å². The molecule has 6 nitrogen and oxygen atoms in total. The topological polar surface area (TPSA) is 71.1 Å². The Bertz CT molecular complexity index is 1360. The number of hydrogen-bond acceptors (Lipinski definition) is 6. The first-order valence-corrected chi connectivity index (χ1v) is 14.1. The van der Waals surface area contributed by atoms with Crippen LogP contribution in [0.1, 0.15) is 104 Å². The molecule has 3 rings (SSSR count). The van der Waals surface area contributed by atoms with Crippen molar-refractivity contribution in [2.75, 3.05) is 13.1 Å². The highest BCUT2D eigenvalue weighted by atomic mass is 16.5. The molecule has 0 saturated carbocycles. The molecule has 0 saturated heterocycles. The molecule has 3 aromatic rings. The van der Waals surface area contributed by atoms with Crippen LogP contribution in [0.2, 0.25) is 0 Å². The summed E-state index contributed by atoms with van der Waals surface area (Å²) in [6.45, 7) is 2.42. The summed E-state index contributed by atoms with van der Waals surface area (Å²) in [6, 6.07) is 17.0. The molecule has 3 aromatic carbocycles. The van der Waals surface area contributed by atoms with Gasteiger partial charge in [-0.3, -0.25) is 0 Å². The molecule has 0 aliphatic heterocycles. The Balaban J connectivity index is 1.58. The Morgan fingerprint density at radius 1 is 0.600 bits per heavy atom. The van der Waals surface area contributed by atoms with Gasteiger partial charge in [-0.15, -0.1) is 0 Å². The average molecular weight is 551 g/mol. The van der Waals surface area contributed by atoms with Gasteiger partial charge in [0, 0.05) is 0 Å². The predicted molar refractivity (Wildman–Crippen MR) is 158 cm³/mol. The van der Waals surface area contributed by atoms with E-state index in [1.807, 2.05) is 6.92 Å². The molecule has 0 aromatic heterocycles. The molecular formula is C34H42O6. The summed E-state index contributed by atoms with van der Waals surface area (Å²) in [4.78, 5) is 25.6. The van der Waals surface area contributed by atoms with Crippen LogP contribution in [0.5, 0.6) is 23.0 Å². The minimum Gasteiger partial charge on any atom is -0.494 e. The van der Waals surface area contributed by atoms with Crippen LogP contribution < -0.4 is 18.9 Å². The number of hydrogen-bond donors (Lipinski definition) is 0. The van der Waals surface area contributed by atoms with Gasteiger partial charge in [0.2, 0.25) is 0 Å². The van der Waals surface area contributed by atoms with Gasteiger partial charge >= 0.3 is 11.9 Å². The van der Waals surface area contributed by atoms with Crippen LogP contribution in [0.25, 0.3) is 0 Å². The highest BCUT2D eigenvalue weighted by Gasteiger charge is 2.15. The van der Waals surface area contributed by atoms with Crippen molar-refractivity contribution < 1.29 is 34.0 Å². The number of esters is 2. The quantitative estimate of drug-likeness (QED) is 0.0952. The lowest BCUT2D eigenvalue weighted by molar-refractivity contribution is 0.0718. The van der Waals surface area contributed by atoms with Crippen molar-refractivity contribution >= 4 is 11.9 Å². The van der Waals surface area contributed by atoms with E-state index in [0.717, 1.165) is 38.5 Å². The number of benzene rings is 3. The maximum atomic E-state index is 12.8. The van der Waals surface area contributed by atoms with Gasteiger partial charge in [0.05, 0.1) is 29.7 Å². The standard InChI is InChI=1S/C34H42O6/c1-4-7-9-11-23-37-29-17-13-27(14-18-29)33(35)39-31-21-22-32(26(6-3)25-31)40-34(36)28-15-19-30(20-16-28)38-24-12-10-8-5-2/h13-22,25H,4-12,23-24H2,1-3H3/i23D2,24D2. The van der Waals surface area contributed by atoms with Gasteiger partial charge in [-0.2, -0.15) is 0 Å². The highest BCUT2D eigenvalue weighted by molar-refractivity contribution is 5.92. The summed E-state index contributed by atoms with van der Waals surface area (Å²) in [5.41, 5.74) is 1.22. The summed E-state index contributed by atoms with van der Waals surface area (Å²) >= 11 is 0. The van der Waals surface area contributed by atoms with E-state index in [-0.39, 0.29) is 29.7 Å². The minimum atomic E-state index is -1.79. The monoisotopic (exact) mass is 550 g/mol. The fourth-order valence-corrected chi connectivity index (χ4v) is 3.80. The molecule has 0 unspecified atom stereocenters. The van der Waals surface area contributed by atoms with Crippen molar-refractivity contribution in [3.8, 4) is 23.0 Å². The summed E-state index contributed by atoms with van der Waals surface area (Å²) in [6.07, 6.45) is 6.40. The first-order valence-electron chi connectivity index (χ1n) is 16.1. The van der Waals surface area contributed by atoms with Crippen molar-refractivity contribution in [3.63, 3.8) is 0 Å². The smallest absolute Gasteiger partial charge is 0.343 e. The van der Waals surface area contributed by atoms with Crippen molar-refractivity contribution in [3.05, 3.63) is 83.4 Å². The second-order valence-corrected chi connectivity index (χ2v) is 9.36. The molecule has 6 heteroatoms. The zero-order chi connectivity index (χ0) is 32.2. The number of unbranched alkanes of at least 4 members (excludes halogenated alkanes) is 4. The van der Waals surface area contributed by atoms with Crippen molar-refractivity contribution in [1.82, 2.24) is 0 Å². The van der Waals surface area contributed by atoms with Crippen LogP contribution in [-0.2, 0) is 6.42 Å². The lowest BCUT2D eigenvalue weighted by Crippen LogP contribution is -2.11. The summed E-state index contributed by atoms with van der Waals surface area (Å²) < 4.78 is 54.3. The van der Waals surface area contributed by atoms with Crippen LogP contribution in [-0.4, -0.2) is 25.1 Å². The van der Waals surface area contributed by atoms with Gasteiger partial charge < -0.3 is 18.9 Å². The third-order valence-corrected chi connectivity index (χ3v) is 6.15. The lowest BCUT2D eigenvalue weighted by Gasteiger charge is -2.12. The molecule has 0 N–H and O–H groups in total. The first kappa shape index (κ1) is 25.2. The molecule has 0 radical (unpaired) electrons. The van der Waals surface area contributed by atoms with Crippen LogP contribution in [0.4, 0.5) is 0 Å². The van der Waals surface area contributed by atoms with E-state index in [0.29, 0.717) is 29.2 Å². The van der Waals surface area contributed by atoms with E-state index in [9.17, 15) is 9.59 Å². The predicted octanol–water partition coefficient (Wildman–Crippen LogP) is 8.61. The maximum Gasteiger partial charge on any atom is 0.343 e. The lowest BCUT2D eigenvalue weighted by atomic mass is 10.1. The second kappa shape index (κ2) is 17.0. The Morgan fingerprint density at radius 3 is 1.55 bits per heavy atom. The third kappa shape index (κ3) is 10.1. The van der Waals surface area contributed by atoms with Gasteiger partial charge in [0.15, 0.2) is 0 Å². The van der Waals surface area contributed by atoms with E-state index in [1.54, 1.807) is 30.3 Å². The van der Waals surface area contributed by atoms with Gasteiger partial charge in [-0.1, -0.05) is 59.3 Å². The highest BCUT2D eigenvalue weighted by Crippen LogP contribution is 2.27. The normalized spacial score (nSPS) is 12.9. The molecule has 0 atom stereocenters. The molecule has 40 heavy (non-hydrogen) atoms. The van der Waals surface area contributed by atoms with Gasteiger partial charge in [-0.25, -0.2) is 9.59 Å². The van der Waals surface area contributed by atoms with E-state index in [1.165, 1.54) is 36.4 Å². The molecule has 0 amide bonds. The van der Waals surface area contributed by atoms with Gasteiger partial charge in [-0.05, 0) is 91.6 Å². The van der Waals surface area contributed by atoms with E-state index < -0.39 is 25.1 Å². The third-order valence-electron chi connectivity index (χ3n) is 6.15. The number of ether oxygens (including phenoxy) is 4. The zero-order valence-corrected chi connectivity index (χ0v) is 23.7. The average Bonchev–Trinajstić information content (AvgIpc) is 2.98. The number of aryl methyl sites for hydroxylation is 1. The van der Waals surface area contributed by atoms with E-state index in [4.69, 9.17) is 24.4 Å². The summed E-state index contributed by atoms with van der Waals surface area (Å²) in [7, 11) is 0. The Morgan fingerprint density at radius 2 is 1.07 bits per heavy atom. The van der Waals surface area contributed by atoms with Crippen molar-refractivity contribution in [2.45, 2.75) is 78.6 Å². The van der Waals surface area contributed by atoms with Crippen LogP contribution in [0, 0.1) is 0 Å². The van der Waals surface area contributed by atoms with Gasteiger partial charge in [0.25, 0.3) is 0 Å². The first-order chi connectivity index (χ1) is 20.9. The minimum absolute atomic E-state index is 0.277. The maximum absolute atomic E-state index is 12.8. The Labute approximate surface area is 244 Å². The second-order valence-electron chi connectivity index (χ2n) is 9.36.